The molecule has 0 saturated heterocycles. The van der Waals surface area contributed by atoms with E-state index in [1.807, 2.05) is 121 Å². The fraction of sp³-hybridized carbons (Fsp3) is 0.235. The van der Waals surface area contributed by atoms with Gasteiger partial charge in [-0.15, -0.1) is 10.2 Å². The van der Waals surface area contributed by atoms with Gasteiger partial charge >= 0.3 is 11.9 Å². The van der Waals surface area contributed by atoms with E-state index in [4.69, 9.17) is 19.7 Å². The maximum atomic E-state index is 12.9. The smallest absolute Gasteiger partial charge is 0.308 e. The van der Waals surface area contributed by atoms with Gasteiger partial charge in [-0.1, -0.05) is 135 Å². The monoisotopic (exact) mass is 534 g/mol. The fourth-order valence-electron chi connectivity index (χ4n) is 4.45. The van der Waals surface area contributed by atoms with Crippen LogP contribution in [0.2, 0.25) is 0 Å². The van der Waals surface area contributed by atoms with Gasteiger partial charge in [0.15, 0.2) is 0 Å². The lowest BCUT2D eigenvalue weighted by Gasteiger charge is -2.33. The number of esters is 2. The number of azo groups is 1. The molecule has 0 aromatic heterocycles. The Balaban J connectivity index is 1.94. The minimum absolute atomic E-state index is 0.164. The third-order valence-corrected chi connectivity index (χ3v) is 6.54. The number of ether oxygens (including phenoxy) is 2. The number of carbonyl (C=O) groups excluding carboxylic acids is 2. The van der Waals surface area contributed by atoms with Crippen LogP contribution in [0.15, 0.2) is 132 Å². The molecule has 0 aliphatic rings. The SMILES string of the molecule is CCC(=O)OC(Cc1ccccc1)(/N=N/C(Cc1ccccc1)(OC(=O)CC)c1ccccc1)c1ccccc1. The van der Waals surface area contributed by atoms with Crippen LogP contribution in [-0.4, -0.2) is 11.9 Å². The Hall–Kier alpha value is -4.58. The van der Waals surface area contributed by atoms with Crippen molar-refractivity contribution in [3.05, 3.63) is 144 Å². The molecule has 0 aliphatic carbocycles. The summed E-state index contributed by atoms with van der Waals surface area (Å²) in [5.74, 6) is -0.838. The van der Waals surface area contributed by atoms with Crippen molar-refractivity contribution in [2.75, 3.05) is 0 Å². The minimum atomic E-state index is -1.49. The summed E-state index contributed by atoms with van der Waals surface area (Å²) in [6, 6.07) is 38.1. The van der Waals surface area contributed by atoms with Gasteiger partial charge in [-0.05, 0) is 11.1 Å². The number of nitrogens with zero attached hydrogens (tertiary/aromatic N) is 2. The largest absolute Gasteiger partial charge is 0.431 e. The Labute approximate surface area is 235 Å². The van der Waals surface area contributed by atoms with Gasteiger partial charge < -0.3 is 9.47 Å². The van der Waals surface area contributed by atoms with Crippen molar-refractivity contribution < 1.29 is 19.1 Å². The Kier molecular flexibility index (Phi) is 9.57. The first kappa shape index (κ1) is 28.4. The summed E-state index contributed by atoms with van der Waals surface area (Å²) >= 11 is 0. The maximum Gasteiger partial charge on any atom is 0.308 e. The molecule has 0 aliphatic heterocycles. The van der Waals surface area contributed by atoms with Crippen LogP contribution >= 0.6 is 0 Å². The van der Waals surface area contributed by atoms with Crippen molar-refractivity contribution in [3.63, 3.8) is 0 Å². The summed E-state index contributed by atoms with van der Waals surface area (Å²) < 4.78 is 12.3. The van der Waals surface area contributed by atoms with Gasteiger partial charge in [0.1, 0.15) is 0 Å². The summed E-state index contributed by atoms with van der Waals surface area (Å²) in [6.45, 7) is 3.48. The summed E-state index contributed by atoms with van der Waals surface area (Å²) in [6.07, 6.45) is 0.811. The van der Waals surface area contributed by atoms with Gasteiger partial charge in [0.2, 0.25) is 0 Å². The molecule has 6 heteroatoms. The molecule has 0 radical (unpaired) electrons. The first-order chi connectivity index (χ1) is 19.5. The number of rotatable bonds is 12. The second-order valence-electron chi connectivity index (χ2n) is 9.48. The van der Waals surface area contributed by atoms with Gasteiger partial charge in [0.25, 0.3) is 11.4 Å². The fourth-order valence-corrected chi connectivity index (χ4v) is 4.45. The number of hydrogen-bond donors (Lipinski definition) is 0. The lowest BCUT2D eigenvalue weighted by molar-refractivity contribution is -0.167. The van der Waals surface area contributed by atoms with E-state index in [-0.39, 0.29) is 25.7 Å². The van der Waals surface area contributed by atoms with Crippen LogP contribution < -0.4 is 0 Å². The molecule has 4 aromatic rings. The van der Waals surface area contributed by atoms with Crippen molar-refractivity contribution >= 4 is 11.9 Å². The van der Waals surface area contributed by atoms with Gasteiger partial charge in [0, 0.05) is 36.8 Å². The minimum Gasteiger partial charge on any atom is -0.431 e. The molecule has 4 aromatic carbocycles. The van der Waals surface area contributed by atoms with E-state index in [1.165, 1.54) is 0 Å². The zero-order valence-electron chi connectivity index (χ0n) is 22.9. The molecule has 0 saturated carbocycles. The van der Waals surface area contributed by atoms with E-state index >= 15 is 0 Å². The van der Waals surface area contributed by atoms with Crippen molar-refractivity contribution in [1.29, 1.82) is 0 Å². The molecule has 4 rings (SSSR count). The zero-order chi connectivity index (χ0) is 28.3. The molecular formula is C34H34N2O4. The number of benzene rings is 4. The Morgan fingerprint density at radius 2 is 0.825 bits per heavy atom. The molecule has 0 fully saturated rings. The van der Waals surface area contributed by atoms with Crippen LogP contribution in [0.1, 0.15) is 48.9 Å². The lowest BCUT2D eigenvalue weighted by atomic mass is 9.94. The molecule has 2 atom stereocenters. The normalized spacial score (nSPS) is 14.2. The van der Waals surface area contributed by atoms with E-state index in [2.05, 4.69) is 0 Å². The molecule has 2 unspecified atom stereocenters. The Bertz CT molecular complexity index is 1290. The molecule has 40 heavy (non-hydrogen) atoms. The van der Waals surface area contributed by atoms with Gasteiger partial charge in [0.05, 0.1) is 0 Å². The van der Waals surface area contributed by atoms with Crippen molar-refractivity contribution in [2.24, 2.45) is 10.2 Å². The Morgan fingerprint density at radius 1 is 0.525 bits per heavy atom. The first-order valence-electron chi connectivity index (χ1n) is 13.6. The summed E-state index contributed by atoms with van der Waals surface area (Å²) in [5.41, 5.74) is 0.151. The van der Waals surface area contributed by atoms with E-state index in [0.717, 1.165) is 11.1 Å². The molecule has 0 bridgehead atoms. The molecular weight excluding hydrogens is 500 g/mol. The Morgan fingerprint density at radius 3 is 1.12 bits per heavy atom. The van der Waals surface area contributed by atoms with E-state index in [1.54, 1.807) is 13.8 Å². The van der Waals surface area contributed by atoms with E-state index in [9.17, 15) is 9.59 Å². The average molecular weight is 535 g/mol. The van der Waals surface area contributed by atoms with Gasteiger partial charge in [-0.3, -0.25) is 9.59 Å². The standard InChI is InChI=1S/C34H34N2O4/c1-3-31(37)39-33(29-21-13-7-14-22-29,25-27-17-9-5-10-18-27)35-36-34(40-32(38)4-2,30-23-15-8-16-24-30)26-28-19-11-6-12-20-28/h5-24H,3-4,25-26H2,1-2H3/b36-35+. The first-order valence-corrected chi connectivity index (χ1v) is 13.6. The summed E-state index contributed by atoms with van der Waals surface area (Å²) in [4.78, 5) is 25.8. The summed E-state index contributed by atoms with van der Waals surface area (Å²) in [5, 5.41) is 9.69. The molecule has 0 N–H and O–H groups in total. The molecule has 204 valence electrons. The predicted octanol–water partition coefficient (Wildman–Crippen LogP) is 7.54. The maximum absolute atomic E-state index is 12.9. The topological polar surface area (TPSA) is 77.3 Å². The zero-order valence-corrected chi connectivity index (χ0v) is 22.9. The van der Waals surface area contributed by atoms with Crippen LogP contribution in [0.3, 0.4) is 0 Å². The second-order valence-corrected chi connectivity index (χ2v) is 9.48. The van der Waals surface area contributed by atoms with Crippen molar-refractivity contribution in [3.8, 4) is 0 Å². The van der Waals surface area contributed by atoms with Crippen LogP contribution in [0.5, 0.6) is 0 Å². The molecule has 0 spiro atoms. The van der Waals surface area contributed by atoms with E-state index in [0.29, 0.717) is 11.1 Å². The highest BCUT2D eigenvalue weighted by Crippen LogP contribution is 2.38. The van der Waals surface area contributed by atoms with E-state index < -0.39 is 23.4 Å². The third-order valence-electron chi connectivity index (χ3n) is 6.54. The second kappa shape index (κ2) is 13.5. The highest BCUT2D eigenvalue weighted by atomic mass is 16.6. The van der Waals surface area contributed by atoms with Gasteiger partial charge in [-0.2, -0.15) is 0 Å². The quantitative estimate of drug-likeness (QED) is 0.139. The van der Waals surface area contributed by atoms with Crippen molar-refractivity contribution in [1.82, 2.24) is 0 Å². The van der Waals surface area contributed by atoms with Crippen LogP contribution in [0.4, 0.5) is 0 Å². The molecule has 6 nitrogen and oxygen atoms in total. The van der Waals surface area contributed by atoms with Gasteiger partial charge in [-0.25, -0.2) is 0 Å². The molecule has 0 amide bonds. The molecule has 0 heterocycles. The van der Waals surface area contributed by atoms with Crippen LogP contribution in [-0.2, 0) is 43.4 Å². The third kappa shape index (κ3) is 7.08. The number of hydrogen-bond acceptors (Lipinski definition) is 6. The van der Waals surface area contributed by atoms with Crippen molar-refractivity contribution in [2.45, 2.75) is 51.0 Å². The van der Waals surface area contributed by atoms with Crippen LogP contribution in [0.25, 0.3) is 0 Å². The lowest BCUT2D eigenvalue weighted by Crippen LogP contribution is -2.36. The number of carbonyl (C=O) groups is 2. The van der Waals surface area contributed by atoms with Crippen LogP contribution in [0, 0.1) is 0 Å². The predicted molar refractivity (Wildman–Crippen MR) is 154 cm³/mol. The highest BCUT2D eigenvalue weighted by molar-refractivity contribution is 5.70. The highest BCUT2D eigenvalue weighted by Gasteiger charge is 2.42. The summed E-state index contributed by atoms with van der Waals surface area (Å²) in [7, 11) is 0. The average Bonchev–Trinajstić information content (AvgIpc) is 3.01.